The molecule has 1 heterocycles. The van der Waals surface area contributed by atoms with Crippen molar-refractivity contribution in [1.82, 2.24) is 14.5 Å². The number of aliphatic hydroxyl groups excluding tert-OH is 1. The molecule has 0 aromatic carbocycles. The molecule has 1 aliphatic rings. The fourth-order valence-electron chi connectivity index (χ4n) is 2.44. The molecule has 0 radical (unpaired) electrons. The lowest BCUT2D eigenvalue weighted by Gasteiger charge is -2.27. The Morgan fingerprint density at radius 3 is 2.82 bits per heavy atom. The van der Waals surface area contributed by atoms with E-state index in [4.69, 9.17) is 5.11 Å². The van der Waals surface area contributed by atoms with E-state index in [0.717, 1.165) is 12.8 Å². The van der Waals surface area contributed by atoms with Crippen LogP contribution >= 0.6 is 0 Å². The minimum atomic E-state index is -0.0634. The van der Waals surface area contributed by atoms with E-state index >= 15 is 0 Å². The Morgan fingerprint density at radius 1 is 1.59 bits per heavy atom. The number of rotatable bonds is 4. The molecular weight excluding hydrogens is 218 g/mol. The van der Waals surface area contributed by atoms with Crippen LogP contribution in [0, 0.1) is 0 Å². The summed E-state index contributed by atoms with van der Waals surface area (Å²) in [6, 6.07) is 0.275. The molecule has 1 amide bonds. The maximum atomic E-state index is 12.3. The van der Waals surface area contributed by atoms with E-state index in [2.05, 4.69) is 4.98 Å². The topological polar surface area (TPSA) is 58.4 Å². The monoisotopic (exact) mass is 237 g/mol. The van der Waals surface area contributed by atoms with Gasteiger partial charge in [0.25, 0.3) is 5.91 Å². The zero-order valence-corrected chi connectivity index (χ0v) is 10.2. The van der Waals surface area contributed by atoms with E-state index in [-0.39, 0.29) is 18.6 Å². The summed E-state index contributed by atoms with van der Waals surface area (Å²) in [6.45, 7) is 0.412. The number of hydrogen-bond donors (Lipinski definition) is 1. The lowest BCUT2D eigenvalue weighted by Crippen LogP contribution is -2.40. The summed E-state index contributed by atoms with van der Waals surface area (Å²) in [5.74, 6) is -0.0634. The molecule has 0 aliphatic heterocycles. The highest BCUT2D eigenvalue weighted by Crippen LogP contribution is 2.24. The fourth-order valence-corrected chi connectivity index (χ4v) is 2.44. The number of aryl methyl sites for hydroxylation is 1. The molecular formula is C12H19N3O2. The van der Waals surface area contributed by atoms with Crippen LogP contribution in [-0.4, -0.2) is 44.7 Å². The average Bonchev–Trinajstić information content (AvgIpc) is 2.95. The fraction of sp³-hybridized carbons (Fsp3) is 0.667. The summed E-state index contributed by atoms with van der Waals surface area (Å²) in [5.41, 5.74) is 0.466. The molecule has 2 rings (SSSR count). The van der Waals surface area contributed by atoms with E-state index in [1.807, 2.05) is 7.05 Å². The van der Waals surface area contributed by atoms with Crippen molar-refractivity contribution in [3.63, 3.8) is 0 Å². The van der Waals surface area contributed by atoms with Crippen LogP contribution in [0.15, 0.2) is 12.5 Å². The third-order valence-corrected chi connectivity index (χ3v) is 3.29. The lowest BCUT2D eigenvalue weighted by molar-refractivity contribution is 0.0632. The second kappa shape index (κ2) is 5.31. The molecule has 17 heavy (non-hydrogen) atoms. The molecule has 0 spiro atoms. The van der Waals surface area contributed by atoms with E-state index in [9.17, 15) is 4.79 Å². The van der Waals surface area contributed by atoms with Crippen LogP contribution in [0.5, 0.6) is 0 Å². The smallest absolute Gasteiger partial charge is 0.274 e. The minimum Gasteiger partial charge on any atom is -0.395 e. The maximum absolute atomic E-state index is 12.3. The first-order chi connectivity index (χ1) is 8.22. The highest BCUT2D eigenvalue weighted by molar-refractivity contribution is 5.92. The average molecular weight is 237 g/mol. The summed E-state index contributed by atoms with van der Waals surface area (Å²) in [7, 11) is 1.84. The van der Waals surface area contributed by atoms with Gasteiger partial charge in [-0.25, -0.2) is 4.98 Å². The van der Waals surface area contributed by atoms with Crippen LogP contribution in [0.3, 0.4) is 0 Å². The van der Waals surface area contributed by atoms with Gasteiger partial charge in [-0.05, 0) is 12.8 Å². The number of nitrogens with zero attached hydrogens (tertiary/aromatic N) is 3. The Hall–Kier alpha value is -1.36. The first kappa shape index (κ1) is 12.1. The Morgan fingerprint density at radius 2 is 2.29 bits per heavy atom. The first-order valence-electron chi connectivity index (χ1n) is 6.12. The van der Waals surface area contributed by atoms with Crippen molar-refractivity contribution in [2.75, 3.05) is 13.2 Å². The van der Waals surface area contributed by atoms with Gasteiger partial charge >= 0.3 is 0 Å². The number of aliphatic hydroxyl groups is 1. The normalized spacial score (nSPS) is 16.4. The molecule has 1 N–H and O–H groups in total. The largest absolute Gasteiger partial charge is 0.395 e. The third kappa shape index (κ3) is 2.66. The van der Waals surface area contributed by atoms with Gasteiger partial charge in [0.1, 0.15) is 5.69 Å². The van der Waals surface area contributed by atoms with Crippen molar-refractivity contribution in [3.8, 4) is 0 Å². The molecule has 0 unspecified atom stereocenters. The molecule has 1 fully saturated rings. The third-order valence-electron chi connectivity index (χ3n) is 3.29. The Bertz CT molecular complexity index is 383. The number of hydrogen-bond acceptors (Lipinski definition) is 3. The number of carbonyl (C=O) groups is 1. The zero-order chi connectivity index (χ0) is 12.3. The Labute approximate surface area is 101 Å². The van der Waals surface area contributed by atoms with E-state index < -0.39 is 0 Å². The van der Waals surface area contributed by atoms with Crippen LogP contribution in [0.4, 0.5) is 0 Å². The summed E-state index contributed by atoms with van der Waals surface area (Å²) in [5, 5.41) is 9.08. The zero-order valence-electron chi connectivity index (χ0n) is 10.2. The molecule has 1 aromatic rings. The van der Waals surface area contributed by atoms with Crippen molar-refractivity contribution in [2.45, 2.75) is 31.7 Å². The number of imidazole rings is 1. The van der Waals surface area contributed by atoms with Crippen LogP contribution in [0.1, 0.15) is 36.2 Å². The molecule has 1 aliphatic carbocycles. The quantitative estimate of drug-likeness (QED) is 0.842. The first-order valence-corrected chi connectivity index (χ1v) is 6.12. The van der Waals surface area contributed by atoms with Gasteiger partial charge in [-0.2, -0.15) is 0 Å². The van der Waals surface area contributed by atoms with Gasteiger partial charge in [0.15, 0.2) is 0 Å². The Kier molecular flexibility index (Phi) is 3.78. The van der Waals surface area contributed by atoms with Crippen LogP contribution in [0.2, 0.25) is 0 Å². The van der Waals surface area contributed by atoms with Gasteiger partial charge < -0.3 is 14.6 Å². The standard InChI is InChI=1S/C12H19N3O2/c1-14-8-11(13-9-14)12(17)15(6-7-16)10-4-2-3-5-10/h8-10,16H,2-7H2,1H3. The second-order valence-electron chi connectivity index (χ2n) is 4.58. The summed E-state index contributed by atoms with van der Waals surface area (Å²) in [6.07, 6.45) is 7.77. The molecule has 1 saturated carbocycles. The molecule has 0 bridgehead atoms. The van der Waals surface area contributed by atoms with Crippen molar-refractivity contribution in [3.05, 3.63) is 18.2 Å². The van der Waals surface area contributed by atoms with Crippen molar-refractivity contribution in [1.29, 1.82) is 0 Å². The summed E-state index contributed by atoms with van der Waals surface area (Å²) >= 11 is 0. The predicted octanol–water partition coefficient (Wildman–Crippen LogP) is 0.797. The summed E-state index contributed by atoms with van der Waals surface area (Å²) < 4.78 is 1.76. The highest BCUT2D eigenvalue weighted by atomic mass is 16.3. The van der Waals surface area contributed by atoms with Gasteiger partial charge in [0.2, 0.25) is 0 Å². The predicted molar refractivity (Wildman–Crippen MR) is 63.6 cm³/mol. The lowest BCUT2D eigenvalue weighted by atomic mass is 10.2. The molecule has 5 heteroatoms. The number of aromatic nitrogens is 2. The van der Waals surface area contributed by atoms with Crippen molar-refractivity contribution < 1.29 is 9.90 Å². The molecule has 0 atom stereocenters. The maximum Gasteiger partial charge on any atom is 0.274 e. The number of carbonyl (C=O) groups excluding carboxylic acids is 1. The van der Waals surface area contributed by atoms with Gasteiger partial charge in [0, 0.05) is 25.8 Å². The summed E-state index contributed by atoms with van der Waals surface area (Å²) in [4.78, 5) is 18.1. The van der Waals surface area contributed by atoms with Crippen molar-refractivity contribution >= 4 is 5.91 Å². The van der Waals surface area contributed by atoms with E-state index in [1.165, 1.54) is 12.8 Å². The van der Waals surface area contributed by atoms with Gasteiger partial charge in [-0.3, -0.25) is 4.79 Å². The van der Waals surface area contributed by atoms with E-state index in [0.29, 0.717) is 12.2 Å². The number of amides is 1. The van der Waals surface area contributed by atoms with Crippen LogP contribution < -0.4 is 0 Å². The van der Waals surface area contributed by atoms with Crippen molar-refractivity contribution in [2.24, 2.45) is 7.05 Å². The van der Waals surface area contributed by atoms with Gasteiger partial charge in [0.05, 0.1) is 12.9 Å². The molecule has 0 saturated heterocycles. The Balaban J connectivity index is 2.12. The second-order valence-corrected chi connectivity index (χ2v) is 4.58. The molecule has 94 valence electrons. The molecule has 1 aromatic heterocycles. The highest BCUT2D eigenvalue weighted by Gasteiger charge is 2.27. The minimum absolute atomic E-state index is 0.00900. The molecule has 5 nitrogen and oxygen atoms in total. The van der Waals surface area contributed by atoms with Crippen LogP contribution in [0.25, 0.3) is 0 Å². The van der Waals surface area contributed by atoms with Gasteiger partial charge in [-0.1, -0.05) is 12.8 Å². The van der Waals surface area contributed by atoms with Gasteiger partial charge in [-0.15, -0.1) is 0 Å². The SMILES string of the molecule is Cn1cnc(C(=O)N(CCO)C2CCCC2)c1. The van der Waals surface area contributed by atoms with Crippen LogP contribution in [-0.2, 0) is 7.05 Å². The van der Waals surface area contributed by atoms with E-state index in [1.54, 1.807) is 22.0 Å².